The molecule has 1 N–H and O–H groups in total. The molecule has 2 heteroatoms. The fourth-order valence-electron chi connectivity index (χ4n) is 2.65. The quantitative estimate of drug-likeness (QED) is 0.437. The lowest BCUT2D eigenvalue weighted by Crippen LogP contribution is -2.02. The van der Waals surface area contributed by atoms with Crippen LogP contribution in [0.4, 0.5) is 0 Å². The van der Waals surface area contributed by atoms with Gasteiger partial charge in [0.1, 0.15) is 0 Å². The van der Waals surface area contributed by atoms with E-state index in [1.54, 1.807) is 0 Å². The van der Waals surface area contributed by atoms with Crippen LogP contribution >= 0.6 is 0 Å². The van der Waals surface area contributed by atoms with E-state index in [1.807, 2.05) is 6.08 Å². The Bertz CT molecular complexity index is 427. The van der Waals surface area contributed by atoms with Gasteiger partial charge in [0.05, 0.1) is 18.3 Å². The van der Waals surface area contributed by atoms with E-state index in [4.69, 9.17) is 9.84 Å². The average molecular weight is 306 g/mol. The normalized spacial score (nSPS) is 22.1. The van der Waals surface area contributed by atoms with Crippen molar-refractivity contribution in [3.8, 4) is 0 Å². The fourth-order valence-corrected chi connectivity index (χ4v) is 2.65. The molecule has 1 aliphatic rings. The van der Waals surface area contributed by atoms with E-state index in [9.17, 15) is 0 Å². The van der Waals surface area contributed by atoms with Gasteiger partial charge in [-0.25, -0.2) is 0 Å². The van der Waals surface area contributed by atoms with E-state index in [2.05, 4.69) is 46.8 Å². The Labute approximate surface area is 137 Å². The summed E-state index contributed by atoms with van der Waals surface area (Å²) in [6.45, 7) is 11.0. The molecule has 1 heterocycles. The molecule has 2 nitrogen and oxygen atoms in total. The van der Waals surface area contributed by atoms with Crippen LogP contribution in [0.25, 0.3) is 0 Å². The Kier molecular flexibility index (Phi) is 8.13. The summed E-state index contributed by atoms with van der Waals surface area (Å²) in [5, 5.41) is 8.82. The highest BCUT2D eigenvalue weighted by Crippen LogP contribution is 2.38. The Hall–Kier alpha value is -0.860. The van der Waals surface area contributed by atoms with E-state index in [1.165, 1.54) is 16.7 Å². The van der Waals surface area contributed by atoms with Crippen LogP contribution in [0.5, 0.6) is 0 Å². The van der Waals surface area contributed by atoms with Crippen LogP contribution < -0.4 is 0 Å². The minimum absolute atomic E-state index is 0.127. The van der Waals surface area contributed by atoms with Gasteiger partial charge in [-0.15, -0.1) is 0 Å². The molecular formula is C20H34O2. The van der Waals surface area contributed by atoms with Crippen molar-refractivity contribution in [1.29, 1.82) is 0 Å². The molecule has 126 valence electrons. The van der Waals surface area contributed by atoms with Crippen molar-refractivity contribution < 1.29 is 9.84 Å². The summed E-state index contributed by atoms with van der Waals surface area (Å²) in [5.41, 5.74) is 4.35. The van der Waals surface area contributed by atoms with Crippen LogP contribution in [0.1, 0.15) is 73.1 Å². The second-order valence-corrected chi connectivity index (χ2v) is 7.16. The summed E-state index contributed by atoms with van der Waals surface area (Å²) in [7, 11) is 0. The van der Waals surface area contributed by atoms with Gasteiger partial charge >= 0.3 is 0 Å². The van der Waals surface area contributed by atoms with E-state index in [0.29, 0.717) is 6.10 Å². The van der Waals surface area contributed by atoms with Crippen LogP contribution in [0.3, 0.4) is 0 Å². The highest BCUT2D eigenvalue weighted by Gasteiger charge is 2.46. The zero-order chi connectivity index (χ0) is 16.6. The smallest absolute Gasteiger partial charge is 0.0892 e. The van der Waals surface area contributed by atoms with E-state index in [0.717, 1.165) is 38.5 Å². The molecule has 0 amide bonds. The summed E-state index contributed by atoms with van der Waals surface area (Å²) in [5.74, 6) is 0. The number of hydrogen-bond acceptors (Lipinski definition) is 2. The van der Waals surface area contributed by atoms with Gasteiger partial charge in [0.2, 0.25) is 0 Å². The highest BCUT2D eigenvalue weighted by atomic mass is 16.6. The number of ether oxygens (including phenoxy) is 1. The first-order valence-corrected chi connectivity index (χ1v) is 8.60. The number of rotatable bonds is 10. The predicted molar refractivity (Wildman–Crippen MR) is 95.0 cm³/mol. The van der Waals surface area contributed by atoms with Crippen molar-refractivity contribution in [2.24, 2.45) is 0 Å². The molecule has 0 saturated carbocycles. The predicted octanol–water partition coefficient (Wildman–Crippen LogP) is 5.34. The van der Waals surface area contributed by atoms with Gasteiger partial charge in [-0.2, -0.15) is 0 Å². The highest BCUT2D eigenvalue weighted by molar-refractivity contribution is 5.07. The summed E-state index contributed by atoms with van der Waals surface area (Å²) >= 11 is 0. The molecular weight excluding hydrogens is 272 g/mol. The zero-order valence-corrected chi connectivity index (χ0v) is 15.1. The fraction of sp³-hybridized carbons (Fsp3) is 0.700. The second kappa shape index (κ2) is 9.32. The monoisotopic (exact) mass is 306 g/mol. The molecule has 1 unspecified atom stereocenters. The Morgan fingerprint density at radius 3 is 1.82 bits per heavy atom. The first-order chi connectivity index (χ1) is 10.3. The summed E-state index contributed by atoms with van der Waals surface area (Å²) in [6.07, 6.45) is 13.8. The molecule has 1 atom stereocenters. The Balaban J connectivity index is 2.16. The molecule has 1 saturated heterocycles. The van der Waals surface area contributed by atoms with Gasteiger partial charge in [-0.3, -0.25) is 0 Å². The maximum Gasteiger partial charge on any atom is 0.0892 e. The topological polar surface area (TPSA) is 32.8 Å². The lowest BCUT2D eigenvalue weighted by Gasteiger charge is -2.03. The van der Waals surface area contributed by atoms with Crippen LogP contribution in [0.15, 0.2) is 34.9 Å². The Morgan fingerprint density at radius 2 is 1.36 bits per heavy atom. The maximum atomic E-state index is 8.82. The minimum Gasteiger partial charge on any atom is -0.392 e. The second-order valence-electron chi connectivity index (χ2n) is 7.16. The standard InChI is InChI=1S/C20H34O2/c1-16(9-7-11-18(3)14-15-21)8-6-10-17(2)12-13-19-20(4,5)22-19/h9-10,14,19,21H,6-8,11-13,15H2,1-5H3. The maximum absolute atomic E-state index is 8.82. The van der Waals surface area contributed by atoms with Crippen molar-refractivity contribution >= 4 is 0 Å². The third-order valence-electron chi connectivity index (χ3n) is 4.47. The van der Waals surface area contributed by atoms with Crippen molar-refractivity contribution in [2.75, 3.05) is 6.61 Å². The molecule has 0 aromatic rings. The first kappa shape index (κ1) is 19.2. The largest absolute Gasteiger partial charge is 0.392 e. The van der Waals surface area contributed by atoms with Gasteiger partial charge in [0.15, 0.2) is 0 Å². The molecule has 1 rings (SSSR count). The van der Waals surface area contributed by atoms with Crippen molar-refractivity contribution in [3.63, 3.8) is 0 Å². The number of aliphatic hydroxyl groups is 1. The molecule has 0 aromatic heterocycles. The number of epoxide rings is 1. The molecule has 1 fully saturated rings. The van der Waals surface area contributed by atoms with E-state index in [-0.39, 0.29) is 12.2 Å². The molecule has 0 radical (unpaired) electrons. The van der Waals surface area contributed by atoms with Gasteiger partial charge in [0.25, 0.3) is 0 Å². The summed E-state index contributed by atoms with van der Waals surface area (Å²) in [4.78, 5) is 0. The molecule has 1 aliphatic heterocycles. The molecule has 0 aliphatic carbocycles. The first-order valence-electron chi connectivity index (χ1n) is 8.60. The third-order valence-corrected chi connectivity index (χ3v) is 4.47. The molecule has 0 bridgehead atoms. The lowest BCUT2D eigenvalue weighted by atomic mass is 10.0. The number of allylic oxidation sites excluding steroid dienone is 5. The van der Waals surface area contributed by atoms with Crippen LogP contribution in [0, 0.1) is 0 Å². The van der Waals surface area contributed by atoms with Crippen molar-refractivity contribution in [2.45, 2.75) is 84.8 Å². The van der Waals surface area contributed by atoms with Gasteiger partial charge < -0.3 is 9.84 Å². The minimum atomic E-state index is 0.127. The Morgan fingerprint density at radius 1 is 0.909 bits per heavy atom. The average Bonchev–Trinajstić information content (AvgIpc) is 3.04. The SMILES string of the molecule is CC(=CCO)CCC=C(C)CCC=C(C)CCC1OC1(C)C. The van der Waals surface area contributed by atoms with Crippen LogP contribution in [-0.4, -0.2) is 23.4 Å². The van der Waals surface area contributed by atoms with Crippen LogP contribution in [0.2, 0.25) is 0 Å². The van der Waals surface area contributed by atoms with Crippen molar-refractivity contribution in [3.05, 3.63) is 34.9 Å². The zero-order valence-electron chi connectivity index (χ0n) is 15.1. The summed E-state index contributed by atoms with van der Waals surface area (Å²) < 4.78 is 5.62. The summed E-state index contributed by atoms with van der Waals surface area (Å²) in [6, 6.07) is 0. The molecule has 0 spiro atoms. The number of hydrogen-bond donors (Lipinski definition) is 1. The van der Waals surface area contributed by atoms with Gasteiger partial charge in [-0.1, -0.05) is 34.9 Å². The third kappa shape index (κ3) is 7.95. The molecule has 22 heavy (non-hydrogen) atoms. The lowest BCUT2D eigenvalue weighted by molar-refractivity contribution is 0.320. The number of aliphatic hydroxyl groups excluding tert-OH is 1. The van der Waals surface area contributed by atoms with Crippen molar-refractivity contribution in [1.82, 2.24) is 0 Å². The van der Waals surface area contributed by atoms with Gasteiger partial charge in [0, 0.05) is 0 Å². The molecule has 0 aromatic carbocycles. The van der Waals surface area contributed by atoms with Gasteiger partial charge in [-0.05, 0) is 73.1 Å². The van der Waals surface area contributed by atoms with E-state index < -0.39 is 0 Å². The van der Waals surface area contributed by atoms with Crippen LogP contribution in [-0.2, 0) is 4.74 Å². The van der Waals surface area contributed by atoms with E-state index >= 15 is 0 Å².